The van der Waals surface area contributed by atoms with E-state index in [0.717, 1.165) is 25.9 Å². The van der Waals surface area contributed by atoms with E-state index in [1.165, 1.54) is 18.2 Å². The van der Waals surface area contributed by atoms with Gasteiger partial charge < -0.3 is 9.32 Å². The molecule has 3 heterocycles. The Hall–Kier alpha value is -1.89. The predicted octanol–water partition coefficient (Wildman–Crippen LogP) is 2.24. The molecule has 2 aromatic rings. The van der Waals surface area contributed by atoms with Crippen molar-refractivity contribution < 1.29 is 9.21 Å². The zero-order valence-electron chi connectivity index (χ0n) is 11.6. The first-order valence-corrected chi connectivity index (χ1v) is 7.97. The molecule has 1 fully saturated rings. The van der Waals surface area contributed by atoms with Crippen LogP contribution in [-0.4, -0.2) is 44.8 Å². The van der Waals surface area contributed by atoms with Crippen LogP contribution in [0.2, 0.25) is 0 Å². The van der Waals surface area contributed by atoms with Crippen LogP contribution in [0.1, 0.15) is 19.3 Å². The molecule has 0 aliphatic carbocycles. The van der Waals surface area contributed by atoms with Crippen LogP contribution in [-0.2, 0) is 4.79 Å². The molecule has 1 aliphatic heterocycles. The van der Waals surface area contributed by atoms with Gasteiger partial charge in [0.2, 0.25) is 5.91 Å². The van der Waals surface area contributed by atoms with E-state index < -0.39 is 0 Å². The highest BCUT2D eigenvalue weighted by Crippen LogP contribution is 2.22. The molecular weight excluding hydrogens is 288 g/mol. The number of rotatable bonds is 4. The fraction of sp³-hybridized carbons (Fsp3) is 0.429. The van der Waals surface area contributed by atoms with Gasteiger partial charge >= 0.3 is 0 Å². The molecule has 1 aliphatic rings. The number of pyridine rings is 1. The summed E-state index contributed by atoms with van der Waals surface area (Å²) in [7, 11) is 0. The van der Waals surface area contributed by atoms with Gasteiger partial charge in [-0.15, -0.1) is 10.2 Å². The average molecular weight is 304 g/mol. The van der Waals surface area contributed by atoms with Crippen LogP contribution >= 0.6 is 11.8 Å². The average Bonchev–Trinajstić information content (AvgIpc) is 3.03. The van der Waals surface area contributed by atoms with Gasteiger partial charge in [0.15, 0.2) is 0 Å². The van der Waals surface area contributed by atoms with Crippen molar-refractivity contribution >= 4 is 17.7 Å². The molecule has 3 rings (SSSR count). The minimum absolute atomic E-state index is 0.136. The predicted molar refractivity (Wildman–Crippen MR) is 78.7 cm³/mol. The zero-order valence-corrected chi connectivity index (χ0v) is 12.4. The highest BCUT2D eigenvalue weighted by molar-refractivity contribution is 7.99. The molecule has 0 atom stereocenters. The fourth-order valence-electron chi connectivity index (χ4n) is 2.22. The monoisotopic (exact) mass is 304 g/mol. The van der Waals surface area contributed by atoms with E-state index in [0.29, 0.717) is 22.6 Å². The lowest BCUT2D eigenvalue weighted by Crippen LogP contribution is -2.36. The highest BCUT2D eigenvalue weighted by atomic mass is 32.2. The largest absolute Gasteiger partial charge is 0.410 e. The number of hydrogen-bond donors (Lipinski definition) is 0. The Labute approximate surface area is 127 Å². The van der Waals surface area contributed by atoms with Crippen molar-refractivity contribution in [2.24, 2.45) is 0 Å². The van der Waals surface area contributed by atoms with E-state index in [-0.39, 0.29) is 5.91 Å². The molecule has 0 bridgehead atoms. The van der Waals surface area contributed by atoms with Crippen LogP contribution in [0, 0.1) is 0 Å². The molecule has 0 spiro atoms. The molecule has 1 amide bonds. The van der Waals surface area contributed by atoms with Crippen molar-refractivity contribution in [3.05, 3.63) is 24.4 Å². The Kier molecular flexibility index (Phi) is 4.49. The Morgan fingerprint density at radius 2 is 2.10 bits per heavy atom. The molecule has 0 aromatic carbocycles. The Morgan fingerprint density at radius 1 is 1.24 bits per heavy atom. The van der Waals surface area contributed by atoms with Gasteiger partial charge in [-0.25, -0.2) is 0 Å². The molecule has 7 heteroatoms. The second kappa shape index (κ2) is 6.71. The normalized spacial score (nSPS) is 15.1. The van der Waals surface area contributed by atoms with E-state index in [9.17, 15) is 4.79 Å². The number of carbonyl (C=O) groups excluding carboxylic acids is 1. The third kappa shape index (κ3) is 3.60. The minimum Gasteiger partial charge on any atom is -0.410 e. The Balaban J connectivity index is 1.56. The molecular formula is C14H16N4O2S. The van der Waals surface area contributed by atoms with E-state index >= 15 is 0 Å². The van der Waals surface area contributed by atoms with Crippen molar-refractivity contribution in [3.63, 3.8) is 0 Å². The van der Waals surface area contributed by atoms with Gasteiger partial charge in [-0.3, -0.25) is 9.78 Å². The van der Waals surface area contributed by atoms with Gasteiger partial charge in [-0.05, 0) is 31.4 Å². The number of piperidine rings is 1. The Bertz CT molecular complexity index is 596. The van der Waals surface area contributed by atoms with Crippen molar-refractivity contribution in [2.45, 2.75) is 24.5 Å². The molecule has 21 heavy (non-hydrogen) atoms. The second-order valence-electron chi connectivity index (χ2n) is 4.82. The maximum atomic E-state index is 12.1. The van der Waals surface area contributed by atoms with Crippen LogP contribution in [0.3, 0.4) is 0 Å². The first-order valence-electron chi connectivity index (χ1n) is 6.98. The minimum atomic E-state index is 0.136. The van der Waals surface area contributed by atoms with Gasteiger partial charge in [0.25, 0.3) is 11.1 Å². The summed E-state index contributed by atoms with van der Waals surface area (Å²) in [6.45, 7) is 1.73. The van der Waals surface area contributed by atoms with Crippen LogP contribution in [0.25, 0.3) is 11.6 Å². The highest BCUT2D eigenvalue weighted by Gasteiger charge is 2.18. The lowest BCUT2D eigenvalue weighted by molar-refractivity contribution is -0.129. The first-order chi connectivity index (χ1) is 10.3. The molecule has 0 radical (unpaired) electrons. The summed E-state index contributed by atoms with van der Waals surface area (Å²) in [6, 6.07) is 5.49. The number of likely N-dealkylation sites (tertiary alicyclic amines) is 1. The summed E-state index contributed by atoms with van der Waals surface area (Å²) in [5.74, 6) is 0.852. The SMILES string of the molecule is O=C(CSc1nnc(-c2ccccn2)o1)N1CCCCC1. The van der Waals surface area contributed by atoms with Gasteiger partial charge in [-0.2, -0.15) is 0 Å². The van der Waals surface area contributed by atoms with Crippen molar-refractivity contribution in [1.29, 1.82) is 0 Å². The molecule has 0 N–H and O–H groups in total. The molecule has 0 saturated carbocycles. The van der Waals surface area contributed by atoms with Crippen LogP contribution < -0.4 is 0 Å². The second-order valence-corrected chi connectivity index (χ2v) is 5.74. The van der Waals surface area contributed by atoms with Crippen molar-refractivity contribution in [3.8, 4) is 11.6 Å². The topological polar surface area (TPSA) is 72.1 Å². The van der Waals surface area contributed by atoms with Gasteiger partial charge in [0.05, 0.1) is 5.75 Å². The van der Waals surface area contributed by atoms with E-state index in [4.69, 9.17) is 4.42 Å². The summed E-state index contributed by atoms with van der Waals surface area (Å²) in [5, 5.41) is 8.30. The Morgan fingerprint density at radius 3 is 2.86 bits per heavy atom. The number of carbonyl (C=O) groups is 1. The maximum Gasteiger partial charge on any atom is 0.277 e. The molecule has 6 nitrogen and oxygen atoms in total. The van der Waals surface area contributed by atoms with Gasteiger partial charge in [-0.1, -0.05) is 17.8 Å². The smallest absolute Gasteiger partial charge is 0.277 e. The summed E-state index contributed by atoms with van der Waals surface area (Å²) < 4.78 is 5.51. The lowest BCUT2D eigenvalue weighted by Gasteiger charge is -2.26. The van der Waals surface area contributed by atoms with E-state index in [2.05, 4.69) is 15.2 Å². The van der Waals surface area contributed by atoms with Crippen LogP contribution in [0.5, 0.6) is 0 Å². The number of hydrogen-bond acceptors (Lipinski definition) is 6. The molecule has 2 aromatic heterocycles. The quantitative estimate of drug-likeness (QED) is 0.807. The number of nitrogens with zero attached hydrogens (tertiary/aromatic N) is 4. The maximum absolute atomic E-state index is 12.1. The van der Waals surface area contributed by atoms with E-state index in [1.54, 1.807) is 12.3 Å². The van der Waals surface area contributed by atoms with Crippen LogP contribution in [0.4, 0.5) is 0 Å². The summed E-state index contributed by atoms with van der Waals surface area (Å²) in [4.78, 5) is 18.1. The first kappa shape index (κ1) is 14.1. The summed E-state index contributed by atoms with van der Waals surface area (Å²) >= 11 is 1.28. The number of amides is 1. The van der Waals surface area contributed by atoms with E-state index in [1.807, 2.05) is 17.0 Å². The fourth-order valence-corrected chi connectivity index (χ4v) is 2.88. The number of aromatic nitrogens is 3. The third-order valence-corrected chi connectivity index (χ3v) is 4.12. The molecule has 0 unspecified atom stereocenters. The standard InChI is InChI=1S/C14H16N4O2S/c19-12(18-8-4-1-5-9-18)10-21-14-17-16-13(20-14)11-6-2-3-7-15-11/h2-3,6-7H,1,4-5,8-10H2. The van der Waals surface area contributed by atoms with Crippen molar-refractivity contribution in [1.82, 2.24) is 20.1 Å². The molecule has 110 valence electrons. The van der Waals surface area contributed by atoms with Gasteiger partial charge in [0.1, 0.15) is 5.69 Å². The van der Waals surface area contributed by atoms with Crippen molar-refractivity contribution in [2.75, 3.05) is 18.8 Å². The zero-order chi connectivity index (χ0) is 14.5. The molecule has 1 saturated heterocycles. The van der Waals surface area contributed by atoms with Gasteiger partial charge in [0, 0.05) is 19.3 Å². The van der Waals surface area contributed by atoms with Crippen LogP contribution in [0.15, 0.2) is 34.0 Å². The number of thioether (sulfide) groups is 1. The summed E-state index contributed by atoms with van der Waals surface area (Å²) in [5.41, 5.74) is 0.638. The summed E-state index contributed by atoms with van der Waals surface area (Å²) in [6.07, 6.45) is 5.09. The lowest BCUT2D eigenvalue weighted by atomic mass is 10.1. The third-order valence-electron chi connectivity index (χ3n) is 3.32.